The number of ether oxygens (including phenoxy) is 1. The summed E-state index contributed by atoms with van der Waals surface area (Å²) in [6.07, 6.45) is 0.330. The SMILES string of the molecule is Cc1cc(C)c(OCC(=O)N/N=C\c2c(F)c(F)c(F)c(F)c2F)c(C)c1. The minimum atomic E-state index is -2.27. The normalized spacial score (nSPS) is 11.1. The Morgan fingerprint density at radius 3 is 1.96 bits per heavy atom. The van der Waals surface area contributed by atoms with E-state index in [2.05, 4.69) is 5.10 Å². The second-order valence-corrected chi connectivity index (χ2v) is 5.79. The molecule has 2 rings (SSSR count). The van der Waals surface area contributed by atoms with Gasteiger partial charge in [-0.3, -0.25) is 4.79 Å². The van der Waals surface area contributed by atoms with Gasteiger partial charge in [0.1, 0.15) is 5.75 Å². The van der Waals surface area contributed by atoms with E-state index in [-0.39, 0.29) is 0 Å². The van der Waals surface area contributed by atoms with E-state index in [0.29, 0.717) is 12.0 Å². The lowest BCUT2D eigenvalue weighted by molar-refractivity contribution is -0.123. The highest BCUT2D eigenvalue weighted by Gasteiger charge is 2.24. The summed E-state index contributed by atoms with van der Waals surface area (Å²) in [7, 11) is 0. The molecule has 0 heterocycles. The van der Waals surface area contributed by atoms with Crippen LogP contribution in [0.15, 0.2) is 17.2 Å². The lowest BCUT2D eigenvalue weighted by Crippen LogP contribution is -2.25. The van der Waals surface area contributed by atoms with Crippen molar-refractivity contribution in [1.82, 2.24) is 5.43 Å². The molecular weight excluding hydrogens is 371 g/mol. The molecule has 9 heteroatoms. The number of benzene rings is 2. The first kappa shape index (κ1) is 20.3. The van der Waals surface area contributed by atoms with E-state index < -0.39 is 47.2 Å². The zero-order chi connectivity index (χ0) is 20.3. The van der Waals surface area contributed by atoms with Crippen LogP contribution in [-0.4, -0.2) is 18.7 Å². The van der Waals surface area contributed by atoms with E-state index >= 15 is 0 Å². The molecule has 0 atom stereocenters. The van der Waals surface area contributed by atoms with Crippen molar-refractivity contribution in [3.63, 3.8) is 0 Å². The fourth-order valence-corrected chi connectivity index (χ4v) is 2.47. The van der Waals surface area contributed by atoms with Crippen LogP contribution in [0.1, 0.15) is 22.3 Å². The van der Waals surface area contributed by atoms with Crippen molar-refractivity contribution in [3.8, 4) is 5.75 Å². The molecule has 27 heavy (non-hydrogen) atoms. The van der Waals surface area contributed by atoms with Gasteiger partial charge >= 0.3 is 0 Å². The maximum absolute atomic E-state index is 13.5. The molecule has 2 aromatic rings. The summed E-state index contributed by atoms with van der Waals surface area (Å²) in [4.78, 5) is 11.7. The smallest absolute Gasteiger partial charge is 0.277 e. The molecule has 0 fully saturated rings. The Morgan fingerprint density at radius 2 is 1.44 bits per heavy atom. The van der Waals surface area contributed by atoms with Crippen LogP contribution in [-0.2, 0) is 4.79 Å². The van der Waals surface area contributed by atoms with Crippen LogP contribution >= 0.6 is 0 Å². The first-order valence-electron chi connectivity index (χ1n) is 7.67. The van der Waals surface area contributed by atoms with Crippen LogP contribution in [0, 0.1) is 49.9 Å². The average molecular weight is 386 g/mol. The van der Waals surface area contributed by atoms with Crippen molar-refractivity contribution >= 4 is 12.1 Å². The maximum Gasteiger partial charge on any atom is 0.277 e. The van der Waals surface area contributed by atoms with Gasteiger partial charge in [-0.25, -0.2) is 27.4 Å². The van der Waals surface area contributed by atoms with Gasteiger partial charge in [-0.05, 0) is 31.9 Å². The molecule has 1 N–H and O–H groups in total. The van der Waals surface area contributed by atoms with E-state index in [1.807, 2.05) is 24.5 Å². The predicted molar refractivity (Wildman–Crippen MR) is 88.1 cm³/mol. The van der Waals surface area contributed by atoms with E-state index in [4.69, 9.17) is 4.74 Å². The minimum Gasteiger partial charge on any atom is -0.483 e. The fraction of sp³-hybridized carbons (Fsp3) is 0.222. The van der Waals surface area contributed by atoms with Gasteiger partial charge in [0.25, 0.3) is 5.91 Å². The van der Waals surface area contributed by atoms with Crippen LogP contribution in [0.5, 0.6) is 5.75 Å². The highest BCUT2D eigenvalue weighted by molar-refractivity contribution is 5.83. The summed E-state index contributed by atoms with van der Waals surface area (Å²) in [5.41, 5.74) is 3.27. The van der Waals surface area contributed by atoms with Crippen molar-refractivity contribution < 1.29 is 31.5 Å². The standard InChI is InChI=1S/C18H15F5N2O2/c1-8-4-9(2)18(10(3)5-8)27-7-12(26)25-24-6-11-13(19)15(21)17(23)16(22)14(11)20/h4-6H,7H2,1-3H3,(H,25,26)/b24-6-. The molecule has 4 nitrogen and oxygen atoms in total. The molecule has 1 amide bonds. The summed E-state index contributed by atoms with van der Waals surface area (Å²) in [5.74, 6) is -10.9. The van der Waals surface area contributed by atoms with Gasteiger partial charge in [-0.2, -0.15) is 5.10 Å². The summed E-state index contributed by atoms with van der Waals surface area (Å²) in [6.45, 7) is 5.05. The predicted octanol–water partition coefficient (Wildman–Crippen LogP) is 3.84. The zero-order valence-electron chi connectivity index (χ0n) is 14.6. The summed E-state index contributed by atoms with van der Waals surface area (Å²) < 4.78 is 71.4. The third-order valence-electron chi connectivity index (χ3n) is 3.58. The Bertz CT molecular complexity index is 876. The lowest BCUT2D eigenvalue weighted by Gasteiger charge is -2.12. The van der Waals surface area contributed by atoms with Crippen LogP contribution < -0.4 is 10.2 Å². The lowest BCUT2D eigenvalue weighted by atomic mass is 10.1. The zero-order valence-corrected chi connectivity index (χ0v) is 14.6. The van der Waals surface area contributed by atoms with E-state index in [1.165, 1.54) is 0 Å². The number of nitrogens with one attached hydrogen (secondary N) is 1. The Balaban J connectivity index is 2.05. The molecular formula is C18H15F5N2O2. The Hall–Kier alpha value is -2.97. The van der Waals surface area contributed by atoms with Gasteiger partial charge < -0.3 is 4.74 Å². The van der Waals surface area contributed by atoms with Crippen LogP contribution in [0.4, 0.5) is 22.0 Å². The van der Waals surface area contributed by atoms with E-state index in [9.17, 15) is 26.7 Å². The number of hydrogen-bond acceptors (Lipinski definition) is 3. The number of amides is 1. The summed E-state index contributed by atoms with van der Waals surface area (Å²) in [6, 6.07) is 3.73. The summed E-state index contributed by atoms with van der Waals surface area (Å²) >= 11 is 0. The second kappa shape index (κ2) is 8.15. The van der Waals surface area contributed by atoms with Crippen molar-refractivity contribution in [2.45, 2.75) is 20.8 Å². The van der Waals surface area contributed by atoms with Gasteiger partial charge in [0.2, 0.25) is 5.82 Å². The molecule has 0 aromatic heterocycles. The number of carbonyl (C=O) groups is 1. The highest BCUT2D eigenvalue weighted by atomic mass is 19.2. The molecule has 0 bridgehead atoms. The van der Waals surface area contributed by atoms with Crippen molar-refractivity contribution in [1.29, 1.82) is 0 Å². The summed E-state index contributed by atoms with van der Waals surface area (Å²) in [5, 5.41) is 3.21. The number of hydrogen-bond donors (Lipinski definition) is 1. The monoisotopic (exact) mass is 386 g/mol. The second-order valence-electron chi connectivity index (χ2n) is 5.79. The van der Waals surface area contributed by atoms with Crippen molar-refractivity contribution in [2.24, 2.45) is 5.10 Å². The van der Waals surface area contributed by atoms with E-state index in [0.717, 1.165) is 16.7 Å². The molecule has 2 aromatic carbocycles. The highest BCUT2D eigenvalue weighted by Crippen LogP contribution is 2.24. The number of halogens is 5. The third kappa shape index (κ3) is 4.42. The molecule has 0 aliphatic carbocycles. The minimum absolute atomic E-state index is 0.330. The first-order valence-corrected chi connectivity index (χ1v) is 7.67. The molecule has 0 saturated heterocycles. The molecule has 144 valence electrons. The molecule has 0 aliphatic heterocycles. The number of hydrazone groups is 1. The molecule has 0 unspecified atom stereocenters. The number of aryl methyl sites for hydroxylation is 3. The molecule has 0 radical (unpaired) electrons. The van der Waals surface area contributed by atoms with E-state index in [1.54, 1.807) is 13.8 Å². The van der Waals surface area contributed by atoms with Crippen LogP contribution in [0.3, 0.4) is 0 Å². The number of nitrogens with zero attached hydrogens (tertiary/aromatic N) is 1. The van der Waals surface area contributed by atoms with Crippen LogP contribution in [0.2, 0.25) is 0 Å². The van der Waals surface area contributed by atoms with Crippen molar-refractivity contribution in [3.05, 3.63) is 63.5 Å². The Morgan fingerprint density at radius 1 is 0.963 bits per heavy atom. The Labute approximate surface area is 151 Å². The maximum atomic E-state index is 13.5. The fourth-order valence-electron chi connectivity index (χ4n) is 2.47. The molecule has 0 spiro atoms. The first-order chi connectivity index (χ1) is 12.6. The average Bonchev–Trinajstić information content (AvgIpc) is 2.60. The molecule has 0 aliphatic rings. The largest absolute Gasteiger partial charge is 0.483 e. The van der Waals surface area contributed by atoms with Gasteiger partial charge in [-0.1, -0.05) is 17.7 Å². The van der Waals surface area contributed by atoms with Crippen molar-refractivity contribution in [2.75, 3.05) is 6.61 Å². The Kier molecular flexibility index (Phi) is 6.14. The third-order valence-corrected chi connectivity index (χ3v) is 3.58. The quantitative estimate of drug-likeness (QED) is 0.279. The molecule has 0 saturated carbocycles. The van der Waals surface area contributed by atoms with Gasteiger partial charge in [-0.15, -0.1) is 0 Å². The number of rotatable bonds is 5. The van der Waals surface area contributed by atoms with Gasteiger partial charge in [0, 0.05) is 0 Å². The van der Waals surface area contributed by atoms with Crippen LogP contribution in [0.25, 0.3) is 0 Å². The van der Waals surface area contributed by atoms with Gasteiger partial charge in [0.15, 0.2) is 29.9 Å². The topological polar surface area (TPSA) is 50.7 Å². The van der Waals surface area contributed by atoms with Gasteiger partial charge in [0.05, 0.1) is 11.8 Å². The number of carbonyl (C=O) groups excluding carboxylic acids is 1.